The van der Waals surface area contributed by atoms with E-state index in [0.29, 0.717) is 31.0 Å². The smallest absolute Gasteiger partial charge is 0.226 e. The van der Waals surface area contributed by atoms with Crippen molar-refractivity contribution in [2.75, 3.05) is 27.3 Å². The van der Waals surface area contributed by atoms with E-state index in [1.54, 1.807) is 20.4 Å². The molecule has 160 valence electrons. The van der Waals surface area contributed by atoms with E-state index in [1.165, 1.54) is 6.92 Å². The molecule has 1 aromatic heterocycles. The Morgan fingerprint density at radius 2 is 1.87 bits per heavy atom. The molecule has 3 rings (SSSR count). The fourth-order valence-electron chi connectivity index (χ4n) is 3.97. The molecule has 2 amide bonds. The lowest BCUT2D eigenvalue weighted by Gasteiger charge is -2.36. The van der Waals surface area contributed by atoms with E-state index in [4.69, 9.17) is 9.47 Å². The number of likely N-dealkylation sites (tertiary alicyclic amines) is 1. The minimum absolute atomic E-state index is 0.0717. The van der Waals surface area contributed by atoms with Gasteiger partial charge in [-0.1, -0.05) is 12.1 Å². The number of hydrogen-bond acceptors (Lipinski definition) is 5. The molecule has 0 radical (unpaired) electrons. The van der Waals surface area contributed by atoms with Crippen molar-refractivity contribution in [2.45, 2.75) is 32.2 Å². The predicted octanol–water partition coefficient (Wildman–Crippen LogP) is 2.76. The molecule has 2 aromatic rings. The summed E-state index contributed by atoms with van der Waals surface area (Å²) in [6, 6.07) is 11.2. The van der Waals surface area contributed by atoms with E-state index in [0.717, 1.165) is 24.1 Å². The highest BCUT2D eigenvalue weighted by atomic mass is 16.5. The Morgan fingerprint density at radius 1 is 1.13 bits per heavy atom. The molecule has 7 heteroatoms. The van der Waals surface area contributed by atoms with Crippen LogP contribution in [-0.2, 0) is 16.0 Å². The standard InChI is InChI=1S/C23H29N3O4/c1-16(27)25-23(19-6-4-5-11-24-19)18-9-12-26(13-10-18)22(28)15-17-7-8-20(29-2)21(14-17)30-3/h4-8,11,14,18,23H,9-10,12-13,15H2,1-3H3,(H,25,27)/t23-/m1/s1. The van der Waals surface area contributed by atoms with Gasteiger partial charge < -0.3 is 19.7 Å². The van der Waals surface area contributed by atoms with Crippen molar-refractivity contribution in [1.29, 1.82) is 0 Å². The van der Waals surface area contributed by atoms with Gasteiger partial charge in [-0.2, -0.15) is 0 Å². The molecule has 1 aliphatic rings. The first-order chi connectivity index (χ1) is 14.5. The Bertz CT molecular complexity index is 864. The number of aromatic nitrogens is 1. The maximum Gasteiger partial charge on any atom is 0.226 e. The Kier molecular flexibility index (Phi) is 7.27. The van der Waals surface area contributed by atoms with E-state index < -0.39 is 0 Å². The number of methoxy groups -OCH3 is 2. The first-order valence-electron chi connectivity index (χ1n) is 10.2. The van der Waals surface area contributed by atoms with Gasteiger partial charge in [0.2, 0.25) is 11.8 Å². The number of carbonyl (C=O) groups is 2. The van der Waals surface area contributed by atoms with Crippen LogP contribution < -0.4 is 14.8 Å². The number of pyridine rings is 1. The van der Waals surface area contributed by atoms with Gasteiger partial charge in [-0.25, -0.2) is 0 Å². The van der Waals surface area contributed by atoms with Crippen molar-refractivity contribution >= 4 is 11.8 Å². The van der Waals surface area contributed by atoms with Crippen molar-refractivity contribution in [2.24, 2.45) is 5.92 Å². The van der Waals surface area contributed by atoms with Gasteiger partial charge in [0.25, 0.3) is 0 Å². The van der Waals surface area contributed by atoms with Crippen molar-refractivity contribution in [3.05, 3.63) is 53.9 Å². The number of hydrogen-bond donors (Lipinski definition) is 1. The van der Waals surface area contributed by atoms with Crippen LogP contribution in [0.25, 0.3) is 0 Å². The molecule has 0 unspecified atom stereocenters. The van der Waals surface area contributed by atoms with E-state index >= 15 is 0 Å². The minimum atomic E-state index is -0.133. The lowest BCUT2D eigenvalue weighted by atomic mass is 9.87. The van der Waals surface area contributed by atoms with Gasteiger partial charge in [-0.15, -0.1) is 0 Å². The molecule has 7 nitrogen and oxygen atoms in total. The van der Waals surface area contributed by atoms with Crippen molar-refractivity contribution in [3.63, 3.8) is 0 Å². The molecule has 30 heavy (non-hydrogen) atoms. The fourth-order valence-corrected chi connectivity index (χ4v) is 3.97. The van der Waals surface area contributed by atoms with Crippen LogP contribution in [0.1, 0.15) is 37.1 Å². The summed E-state index contributed by atoms with van der Waals surface area (Å²) >= 11 is 0. The number of ether oxygens (including phenoxy) is 2. The van der Waals surface area contributed by atoms with Gasteiger partial charge in [-0.05, 0) is 48.6 Å². The number of piperidine rings is 1. The molecule has 1 aromatic carbocycles. The zero-order valence-electron chi connectivity index (χ0n) is 17.8. The Labute approximate surface area is 177 Å². The average molecular weight is 412 g/mol. The monoisotopic (exact) mass is 411 g/mol. The van der Waals surface area contributed by atoms with Crippen LogP contribution in [0, 0.1) is 5.92 Å². The Balaban J connectivity index is 1.61. The van der Waals surface area contributed by atoms with Crippen LogP contribution in [0.5, 0.6) is 11.5 Å². The van der Waals surface area contributed by atoms with E-state index in [2.05, 4.69) is 10.3 Å². The first-order valence-corrected chi connectivity index (χ1v) is 10.2. The van der Waals surface area contributed by atoms with Crippen molar-refractivity contribution in [1.82, 2.24) is 15.2 Å². The summed E-state index contributed by atoms with van der Waals surface area (Å²) in [5, 5.41) is 3.04. The molecule has 0 aliphatic carbocycles. The van der Waals surface area contributed by atoms with Crippen LogP contribution in [0.15, 0.2) is 42.6 Å². The largest absolute Gasteiger partial charge is 0.493 e. The van der Waals surface area contributed by atoms with Crippen molar-refractivity contribution in [3.8, 4) is 11.5 Å². The third-order valence-electron chi connectivity index (χ3n) is 5.53. The lowest BCUT2D eigenvalue weighted by Crippen LogP contribution is -2.43. The molecule has 2 heterocycles. The maximum absolute atomic E-state index is 12.8. The van der Waals surface area contributed by atoms with Gasteiger partial charge in [0.15, 0.2) is 11.5 Å². The van der Waals surface area contributed by atoms with E-state index in [9.17, 15) is 9.59 Å². The fraction of sp³-hybridized carbons (Fsp3) is 0.435. The van der Waals surface area contributed by atoms with Gasteiger partial charge in [-0.3, -0.25) is 14.6 Å². The topological polar surface area (TPSA) is 80.8 Å². The van der Waals surface area contributed by atoms with Crippen LogP contribution in [0.4, 0.5) is 0 Å². The number of nitrogens with zero attached hydrogens (tertiary/aromatic N) is 2. The van der Waals surface area contributed by atoms with Crippen LogP contribution in [-0.4, -0.2) is 49.0 Å². The quantitative estimate of drug-likeness (QED) is 0.758. The maximum atomic E-state index is 12.8. The number of amides is 2. The summed E-state index contributed by atoms with van der Waals surface area (Å²) in [5.41, 5.74) is 1.76. The lowest BCUT2D eigenvalue weighted by molar-refractivity contribution is -0.132. The number of rotatable bonds is 7. The third-order valence-corrected chi connectivity index (χ3v) is 5.53. The first kappa shape index (κ1) is 21.6. The summed E-state index contributed by atoms with van der Waals surface area (Å²) in [7, 11) is 3.17. The molecule has 0 bridgehead atoms. The molecule has 1 aliphatic heterocycles. The average Bonchev–Trinajstić information content (AvgIpc) is 2.78. The predicted molar refractivity (Wildman–Crippen MR) is 113 cm³/mol. The molecule has 0 spiro atoms. The highest BCUT2D eigenvalue weighted by molar-refractivity contribution is 5.79. The third kappa shape index (κ3) is 5.28. The highest BCUT2D eigenvalue weighted by Gasteiger charge is 2.30. The Hall–Kier alpha value is -3.09. The highest BCUT2D eigenvalue weighted by Crippen LogP contribution is 2.31. The van der Waals surface area contributed by atoms with Crippen molar-refractivity contribution < 1.29 is 19.1 Å². The number of carbonyl (C=O) groups excluding carboxylic acids is 2. The summed E-state index contributed by atoms with van der Waals surface area (Å²) in [4.78, 5) is 30.9. The van der Waals surface area contributed by atoms with Crippen LogP contribution in [0.3, 0.4) is 0 Å². The van der Waals surface area contributed by atoms with Gasteiger partial charge >= 0.3 is 0 Å². The van der Waals surface area contributed by atoms with Crippen LogP contribution >= 0.6 is 0 Å². The van der Waals surface area contributed by atoms with Gasteiger partial charge in [0, 0.05) is 26.2 Å². The molecule has 1 fully saturated rings. The summed E-state index contributed by atoms with van der Waals surface area (Å²) in [6.45, 7) is 2.86. The van der Waals surface area contributed by atoms with Gasteiger partial charge in [0.1, 0.15) is 0 Å². The minimum Gasteiger partial charge on any atom is -0.493 e. The molecular formula is C23H29N3O4. The van der Waals surface area contributed by atoms with E-state index in [1.807, 2.05) is 41.3 Å². The zero-order valence-corrected chi connectivity index (χ0v) is 17.8. The van der Waals surface area contributed by atoms with Crippen LogP contribution in [0.2, 0.25) is 0 Å². The second-order valence-electron chi connectivity index (χ2n) is 7.52. The second kappa shape index (κ2) is 10.1. The molecule has 1 atom stereocenters. The molecular weight excluding hydrogens is 382 g/mol. The summed E-state index contributed by atoms with van der Waals surface area (Å²) < 4.78 is 10.6. The van der Waals surface area contributed by atoms with Gasteiger partial charge in [0.05, 0.1) is 32.4 Å². The number of benzene rings is 1. The Morgan fingerprint density at radius 3 is 2.47 bits per heavy atom. The summed E-state index contributed by atoms with van der Waals surface area (Å²) in [6.07, 6.45) is 3.70. The normalized spacial score (nSPS) is 15.4. The van der Waals surface area contributed by atoms with E-state index in [-0.39, 0.29) is 23.8 Å². The zero-order chi connectivity index (χ0) is 21.5. The molecule has 0 saturated carbocycles. The second-order valence-corrected chi connectivity index (χ2v) is 7.52. The molecule has 1 saturated heterocycles. The molecule has 1 N–H and O–H groups in total. The summed E-state index contributed by atoms with van der Waals surface area (Å²) in [5.74, 6) is 1.53. The number of nitrogens with one attached hydrogen (secondary N) is 1. The SMILES string of the molecule is COc1ccc(CC(=O)N2CCC([C@@H](NC(C)=O)c3ccccn3)CC2)cc1OC.